The van der Waals surface area contributed by atoms with Gasteiger partial charge >= 0.3 is 0 Å². The van der Waals surface area contributed by atoms with Gasteiger partial charge in [0.15, 0.2) is 0 Å². The van der Waals surface area contributed by atoms with Crippen LogP contribution in [0.4, 0.5) is 0 Å². The molecule has 0 aliphatic carbocycles. The maximum absolute atomic E-state index is 8.76. The molecule has 2 N–H and O–H groups in total. The summed E-state index contributed by atoms with van der Waals surface area (Å²) in [6, 6.07) is 0.177. The average molecular weight is 183 g/mol. The number of aryl methyl sites for hydroxylation is 1. The van der Waals surface area contributed by atoms with Crippen molar-refractivity contribution in [3.8, 4) is 0 Å². The van der Waals surface area contributed by atoms with Crippen LogP contribution in [-0.4, -0.2) is 34.1 Å². The molecule has 1 heterocycles. The molecular weight excluding hydrogens is 166 g/mol. The molecule has 0 amide bonds. The molecule has 0 aliphatic rings. The second kappa shape index (κ2) is 4.99. The fourth-order valence-corrected chi connectivity index (χ4v) is 1.13. The van der Waals surface area contributed by atoms with Gasteiger partial charge < -0.3 is 10.4 Å². The van der Waals surface area contributed by atoms with Crippen molar-refractivity contribution in [3.63, 3.8) is 0 Å². The summed E-state index contributed by atoms with van der Waals surface area (Å²) >= 11 is 0. The quantitative estimate of drug-likeness (QED) is 0.672. The molecule has 4 heteroatoms. The highest BCUT2D eigenvalue weighted by atomic mass is 16.3. The first-order valence-corrected chi connectivity index (χ1v) is 4.54. The van der Waals surface area contributed by atoms with E-state index in [1.54, 1.807) is 4.68 Å². The van der Waals surface area contributed by atoms with Crippen LogP contribution in [-0.2, 0) is 13.5 Å². The van der Waals surface area contributed by atoms with Crippen LogP contribution < -0.4 is 5.32 Å². The summed E-state index contributed by atoms with van der Waals surface area (Å²) in [4.78, 5) is 0. The molecule has 1 rings (SSSR count). The summed E-state index contributed by atoms with van der Waals surface area (Å²) in [6.45, 7) is 3.03. The van der Waals surface area contributed by atoms with E-state index in [0.29, 0.717) is 0 Å². The summed E-state index contributed by atoms with van der Waals surface area (Å²) in [6.07, 6.45) is 4.83. The van der Waals surface area contributed by atoms with Gasteiger partial charge in [-0.3, -0.25) is 4.68 Å². The molecule has 1 aromatic rings. The summed E-state index contributed by atoms with van der Waals surface area (Å²) in [5, 5.41) is 16.0. The Labute approximate surface area is 78.6 Å². The zero-order valence-electron chi connectivity index (χ0n) is 8.20. The van der Waals surface area contributed by atoms with E-state index in [1.807, 2.05) is 26.4 Å². The first-order valence-electron chi connectivity index (χ1n) is 4.54. The van der Waals surface area contributed by atoms with Gasteiger partial charge in [-0.15, -0.1) is 0 Å². The molecule has 0 radical (unpaired) electrons. The Morgan fingerprint density at radius 1 is 1.69 bits per heavy atom. The van der Waals surface area contributed by atoms with Crippen molar-refractivity contribution < 1.29 is 5.11 Å². The van der Waals surface area contributed by atoms with E-state index in [4.69, 9.17) is 5.11 Å². The lowest BCUT2D eigenvalue weighted by molar-refractivity contribution is 0.252. The van der Waals surface area contributed by atoms with Gasteiger partial charge in [-0.2, -0.15) is 5.10 Å². The number of rotatable bonds is 5. The molecule has 0 saturated carbocycles. The van der Waals surface area contributed by atoms with Crippen molar-refractivity contribution in [2.45, 2.75) is 19.4 Å². The van der Waals surface area contributed by atoms with Crippen molar-refractivity contribution in [2.24, 2.45) is 7.05 Å². The predicted molar refractivity (Wildman–Crippen MR) is 51.5 cm³/mol. The van der Waals surface area contributed by atoms with Crippen molar-refractivity contribution in [2.75, 3.05) is 13.2 Å². The third-order valence-electron chi connectivity index (χ3n) is 1.94. The molecule has 1 unspecified atom stereocenters. The summed E-state index contributed by atoms with van der Waals surface area (Å²) in [5.41, 5.74) is 1.22. The van der Waals surface area contributed by atoms with E-state index in [0.717, 1.165) is 13.0 Å². The molecule has 0 aromatic carbocycles. The lowest BCUT2D eigenvalue weighted by atomic mass is 10.2. The highest BCUT2D eigenvalue weighted by molar-refractivity contribution is 5.03. The van der Waals surface area contributed by atoms with E-state index in [1.165, 1.54) is 5.56 Å². The van der Waals surface area contributed by atoms with E-state index >= 15 is 0 Å². The molecule has 4 nitrogen and oxygen atoms in total. The van der Waals surface area contributed by atoms with Gasteiger partial charge in [0.25, 0.3) is 0 Å². The molecular formula is C9H17N3O. The summed E-state index contributed by atoms with van der Waals surface area (Å²) in [5.74, 6) is 0. The minimum atomic E-state index is 0.177. The van der Waals surface area contributed by atoms with E-state index in [-0.39, 0.29) is 12.6 Å². The molecule has 0 fully saturated rings. The smallest absolute Gasteiger partial charge is 0.0581 e. The third-order valence-corrected chi connectivity index (χ3v) is 1.94. The largest absolute Gasteiger partial charge is 0.395 e. The van der Waals surface area contributed by atoms with Gasteiger partial charge in [0, 0.05) is 19.3 Å². The Morgan fingerprint density at radius 2 is 2.46 bits per heavy atom. The van der Waals surface area contributed by atoms with E-state index in [2.05, 4.69) is 10.4 Å². The molecule has 0 saturated heterocycles. The molecule has 74 valence electrons. The predicted octanol–water partition coefficient (Wildman–Crippen LogP) is -0.0670. The monoisotopic (exact) mass is 183 g/mol. The van der Waals surface area contributed by atoms with Gasteiger partial charge in [-0.25, -0.2) is 0 Å². The fraction of sp³-hybridized carbons (Fsp3) is 0.667. The minimum Gasteiger partial charge on any atom is -0.395 e. The van der Waals surface area contributed by atoms with E-state index in [9.17, 15) is 0 Å². The number of nitrogens with zero attached hydrogens (tertiary/aromatic N) is 2. The normalized spacial score (nSPS) is 13.2. The van der Waals surface area contributed by atoms with Crippen molar-refractivity contribution in [3.05, 3.63) is 18.0 Å². The summed E-state index contributed by atoms with van der Waals surface area (Å²) in [7, 11) is 1.91. The Kier molecular flexibility index (Phi) is 3.92. The molecule has 0 bridgehead atoms. The number of aromatic nitrogens is 2. The number of aliphatic hydroxyl groups excluding tert-OH is 1. The Balaban J connectivity index is 2.20. The maximum atomic E-state index is 8.76. The van der Waals surface area contributed by atoms with Gasteiger partial charge in [0.2, 0.25) is 0 Å². The first kappa shape index (κ1) is 10.2. The van der Waals surface area contributed by atoms with Gasteiger partial charge in [-0.1, -0.05) is 0 Å². The number of nitrogens with one attached hydrogen (secondary N) is 1. The lowest BCUT2D eigenvalue weighted by Crippen LogP contribution is -2.30. The Bertz CT molecular complexity index is 247. The highest BCUT2D eigenvalue weighted by Gasteiger charge is 1.99. The molecule has 1 aromatic heterocycles. The summed E-state index contributed by atoms with van der Waals surface area (Å²) < 4.78 is 1.80. The zero-order chi connectivity index (χ0) is 9.68. The minimum absolute atomic E-state index is 0.177. The van der Waals surface area contributed by atoms with Crippen LogP contribution in [0.5, 0.6) is 0 Å². The van der Waals surface area contributed by atoms with Crippen LogP contribution in [0.25, 0.3) is 0 Å². The topological polar surface area (TPSA) is 50.1 Å². The van der Waals surface area contributed by atoms with Gasteiger partial charge in [0.05, 0.1) is 12.8 Å². The number of hydrogen-bond acceptors (Lipinski definition) is 3. The van der Waals surface area contributed by atoms with Crippen molar-refractivity contribution >= 4 is 0 Å². The fourth-order valence-electron chi connectivity index (χ4n) is 1.13. The second-order valence-electron chi connectivity index (χ2n) is 3.31. The molecule has 0 aliphatic heterocycles. The van der Waals surface area contributed by atoms with Crippen LogP contribution in [0.1, 0.15) is 12.5 Å². The molecule has 13 heavy (non-hydrogen) atoms. The van der Waals surface area contributed by atoms with Gasteiger partial charge in [-0.05, 0) is 25.5 Å². The van der Waals surface area contributed by atoms with Crippen molar-refractivity contribution in [1.82, 2.24) is 15.1 Å². The molecule has 1 atom stereocenters. The average Bonchev–Trinajstić information content (AvgIpc) is 2.51. The third kappa shape index (κ3) is 3.57. The lowest BCUT2D eigenvalue weighted by Gasteiger charge is -2.08. The van der Waals surface area contributed by atoms with Crippen LogP contribution in [0.15, 0.2) is 12.4 Å². The van der Waals surface area contributed by atoms with Crippen LogP contribution in [0.2, 0.25) is 0 Å². The SMILES string of the molecule is CC(CO)NCCc1cnn(C)c1. The van der Waals surface area contributed by atoms with Crippen molar-refractivity contribution in [1.29, 1.82) is 0 Å². The number of aliphatic hydroxyl groups is 1. The van der Waals surface area contributed by atoms with Gasteiger partial charge in [0.1, 0.15) is 0 Å². The van der Waals surface area contributed by atoms with Crippen LogP contribution in [0.3, 0.4) is 0 Å². The molecule has 0 spiro atoms. The first-order chi connectivity index (χ1) is 6.22. The maximum Gasteiger partial charge on any atom is 0.0581 e. The number of hydrogen-bond donors (Lipinski definition) is 2. The van der Waals surface area contributed by atoms with E-state index < -0.39 is 0 Å². The van der Waals surface area contributed by atoms with Crippen LogP contribution in [0, 0.1) is 0 Å². The Morgan fingerprint density at radius 3 is 3.00 bits per heavy atom. The second-order valence-corrected chi connectivity index (χ2v) is 3.31. The highest BCUT2D eigenvalue weighted by Crippen LogP contribution is 1.96. The Hall–Kier alpha value is -0.870. The zero-order valence-corrected chi connectivity index (χ0v) is 8.20. The standard InChI is InChI=1S/C9H17N3O/c1-8(7-13)10-4-3-9-5-11-12(2)6-9/h5-6,8,10,13H,3-4,7H2,1-2H3. The van der Waals surface area contributed by atoms with Crippen LogP contribution >= 0.6 is 0 Å².